The van der Waals surface area contributed by atoms with Crippen molar-refractivity contribution in [1.82, 2.24) is 24.1 Å². The molecule has 31 heavy (non-hydrogen) atoms. The molecule has 0 saturated carbocycles. The largest absolute Gasteiger partial charge is 0.476 e. The highest BCUT2D eigenvalue weighted by molar-refractivity contribution is 7.17. The molecule has 0 aromatic carbocycles. The van der Waals surface area contributed by atoms with Gasteiger partial charge in [-0.3, -0.25) is 9.36 Å². The van der Waals surface area contributed by atoms with E-state index >= 15 is 0 Å². The van der Waals surface area contributed by atoms with Crippen LogP contribution in [0.5, 0.6) is 5.88 Å². The highest BCUT2D eigenvalue weighted by Crippen LogP contribution is 2.25. The molecule has 0 spiro atoms. The van der Waals surface area contributed by atoms with Crippen molar-refractivity contribution < 1.29 is 4.74 Å². The quantitative estimate of drug-likeness (QED) is 0.487. The molecule has 5 rings (SSSR count). The van der Waals surface area contributed by atoms with Gasteiger partial charge in [-0.05, 0) is 23.9 Å². The minimum atomic E-state index is -0.0256. The fraction of sp³-hybridized carbons (Fsp3) is 0.455. The standard InChI is InChI=1S/C22H26N6O2S/c1-22(2,3)16-12-28-17(24-16)5-6-18(25-28)30-13-14-7-9-27(11-14)21-23-15-8-10-31-19(15)20(29)26(21)4/h5-6,8,10,12,14H,7,9,11,13H2,1-4H3. The van der Waals surface area contributed by atoms with Crippen LogP contribution in [0.2, 0.25) is 0 Å². The Balaban J connectivity index is 1.27. The van der Waals surface area contributed by atoms with Gasteiger partial charge in [-0.1, -0.05) is 20.8 Å². The first-order valence-corrected chi connectivity index (χ1v) is 11.4. The van der Waals surface area contributed by atoms with Crippen molar-refractivity contribution in [2.45, 2.75) is 32.6 Å². The number of aromatic nitrogens is 5. The van der Waals surface area contributed by atoms with Crippen LogP contribution in [0.3, 0.4) is 0 Å². The minimum absolute atomic E-state index is 0.0159. The first-order chi connectivity index (χ1) is 14.8. The Morgan fingerprint density at radius 3 is 2.87 bits per heavy atom. The third kappa shape index (κ3) is 3.67. The van der Waals surface area contributed by atoms with Gasteiger partial charge < -0.3 is 9.64 Å². The maximum Gasteiger partial charge on any atom is 0.272 e. The van der Waals surface area contributed by atoms with Gasteiger partial charge >= 0.3 is 0 Å². The molecule has 0 radical (unpaired) electrons. The molecule has 1 saturated heterocycles. The molecule has 1 aliphatic heterocycles. The van der Waals surface area contributed by atoms with Crippen LogP contribution in [0.4, 0.5) is 5.95 Å². The number of imidazole rings is 1. The Hall–Kier alpha value is -2.94. The van der Waals surface area contributed by atoms with E-state index < -0.39 is 0 Å². The second kappa shape index (κ2) is 7.33. The van der Waals surface area contributed by atoms with Gasteiger partial charge in [0.1, 0.15) is 4.70 Å². The summed E-state index contributed by atoms with van der Waals surface area (Å²) >= 11 is 1.44. The molecule has 162 valence electrons. The topological polar surface area (TPSA) is 77.6 Å². The Labute approximate surface area is 184 Å². The molecule has 8 nitrogen and oxygen atoms in total. The average Bonchev–Trinajstić information content (AvgIpc) is 3.47. The predicted octanol–water partition coefficient (Wildman–Crippen LogP) is 3.24. The minimum Gasteiger partial charge on any atom is -0.476 e. The van der Waals surface area contributed by atoms with Gasteiger partial charge in [0.25, 0.3) is 5.56 Å². The molecule has 0 bridgehead atoms. The Morgan fingerprint density at radius 2 is 2.06 bits per heavy atom. The van der Waals surface area contributed by atoms with E-state index in [1.807, 2.05) is 29.8 Å². The van der Waals surface area contributed by atoms with Gasteiger partial charge in [0, 0.05) is 37.5 Å². The lowest BCUT2D eigenvalue weighted by Gasteiger charge is -2.20. The normalized spacial score (nSPS) is 17.2. The van der Waals surface area contributed by atoms with E-state index in [9.17, 15) is 4.79 Å². The summed E-state index contributed by atoms with van der Waals surface area (Å²) in [5.41, 5.74) is 2.59. The fourth-order valence-corrected chi connectivity index (χ4v) is 4.72. The zero-order valence-corrected chi connectivity index (χ0v) is 19.0. The number of nitrogens with zero attached hydrogens (tertiary/aromatic N) is 6. The van der Waals surface area contributed by atoms with Crippen LogP contribution in [0, 0.1) is 5.92 Å². The van der Waals surface area contributed by atoms with Gasteiger partial charge in [-0.15, -0.1) is 16.4 Å². The highest BCUT2D eigenvalue weighted by atomic mass is 32.1. The summed E-state index contributed by atoms with van der Waals surface area (Å²) in [7, 11) is 1.80. The molecule has 4 aromatic rings. The van der Waals surface area contributed by atoms with Gasteiger partial charge in [-0.25, -0.2) is 14.5 Å². The monoisotopic (exact) mass is 438 g/mol. The van der Waals surface area contributed by atoms with Crippen molar-refractivity contribution in [1.29, 1.82) is 0 Å². The lowest BCUT2D eigenvalue weighted by Crippen LogP contribution is -2.30. The first-order valence-electron chi connectivity index (χ1n) is 10.5. The zero-order valence-electron chi connectivity index (χ0n) is 18.2. The van der Waals surface area contributed by atoms with Gasteiger partial charge in [-0.2, -0.15) is 0 Å². The molecule has 0 aliphatic carbocycles. The lowest BCUT2D eigenvalue weighted by atomic mass is 9.93. The van der Waals surface area contributed by atoms with E-state index in [0.29, 0.717) is 23.1 Å². The molecule has 1 aliphatic rings. The molecule has 5 heterocycles. The van der Waals surface area contributed by atoms with Crippen molar-refractivity contribution >= 4 is 33.1 Å². The Bertz CT molecular complexity index is 1320. The number of ether oxygens (including phenoxy) is 1. The molecular weight excluding hydrogens is 412 g/mol. The number of hydrogen-bond donors (Lipinski definition) is 0. The Kier molecular flexibility index (Phi) is 4.73. The summed E-state index contributed by atoms with van der Waals surface area (Å²) in [4.78, 5) is 24.1. The van der Waals surface area contributed by atoms with Crippen LogP contribution in [-0.2, 0) is 12.5 Å². The SMILES string of the molecule is Cn1c(N2CCC(COc3ccc4nc(C(C)(C)C)cn4n3)C2)nc2ccsc2c1=O. The average molecular weight is 439 g/mol. The number of fused-ring (bicyclic) bond motifs is 2. The number of rotatable bonds is 4. The molecule has 1 atom stereocenters. The molecular formula is C22H26N6O2S. The zero-order chi connectivity index (χ0) is 21.8. The molecule has 1 fully saturated rings. The van der Waals surface area contributed by atoms with E-state index in [2.05, 4.69) is 35.8 Å². The molecule has 4 aromatic heterocycles. The molecule has 1 unspecified atom stereocenters. The highest BCUT2D eigenvalue weighted by Gasteiger charge is 2.27. The van der Waals surface area contributed by atoms with Crippen LogP contribution in [0.25, 0.3) is 15.9 Å². The van der Waals surface area contributed by atoms with Crippen molar-refractivity contribution in [2.75, 3.05) is 24.6 Å². The summed E-state index contributed by atoms with van der Waals surface area (Å²) in [6.45, 7) is 8.64. The van der Waals surface area contributed by atoms with E-state index in [0.717, 1.165) is 42.3 Å². The second-order valence-electron chi connectivity index (χ2n) is 9.17. The van der Waals surface area contributed by atoms with E-state index in [4.69, 9.17) is 9.72 Å². The van der Waals surface area contributed by atoms with Gasteiger partial charge in [0.05, 0.1) is 24.0 Å². The summed E-state index contributed by atoms with van der Waals surface area (Å²) in [5.74, 6) is 1.67. The number of hydrogen-bond acceptors (Lipinski definition) is 7. The summed E-state index contributed by atoms with van der Waals surface area (Å²) < 4.78 is 10.2. The van der Waals surface area contributed by atoms with Crippen LogP contribution in [0.15, 0.2) is 34.6 Å². The second-order valence-corrected chi connectivity index (χ2v) is 10.1. The fourth-order valence-electron chi connectivity index (χ4n) is 3.92. The van der Waals surface area contributed by atoms with Gasteiger partial charge in [0.2, 0.25) is 11.8 Å². The van der Waals surface area contributed by atoms with Crippen molar-refractivity contribution in [3.05, 3.63) is 45.8 Å². The van der Waals surface area contributed by atoms with Crippen LogP contribution < -0.4 is 15.2 Å². The number of anilines is 1. The lowest BCUT2D eigenvalue weighted by molar-refractivity contribution is 0.248. The predicted molar refractivity (Wildman–Crippen MR) is 122 cm³/mol. The van der Waals surface area contributed by atoms with E-state index in [1.165, 1.54) is 11.3 Å². The van der Waals surface area contributed by atoms with Crippen molar-refractivity contribution in [3.8, 4) is 5.88 Å². The third-order valence-electron chi connectivity index (χ3n) is 5.76. The first kappa shape index (κ1) is 20.0. The molecule has 0 N–H and O–H groups in total. The summed E-state index contributed by atoms with van der Waals surface area (Å²) in [6.07, 6.45) is 2.95. The third-order valence-corrected chi connectivity index (χ3v) is 6.66. The van der Waals surface area contributed by atoms with Crippen LogP contribution in [-0.4, -0.2) is 43.8 Å². The van der Waals surface area contributed by atoms with Crippen molar-refractivity contribution in [3.63, 3.8) is 0 Å². The number of thiophene rings is 1. The van der Waals surface area contributed by atoms with E-state index in [1.54, 1.807) is 16.1 Å². The maximum atomic E-state index is 12.6. The maximum absolute atomic E-state index is 12.6. The van der Waals surface area contributed by atoms with Crippen molar-refractivity contribution in [2.24, 2.45) is 13.0 Å². The van der Waals surface area contributed by atoms with Gasteiger partial charge in [0.15, 0.2) is 5.65 Å². The Morgan fingerprint density at radius 1 is 1.23 bits per heavy atom. The molecule has 9 heteroatoms. The van der Waals surface area contributed by atoms with E-state index in [-0.39, 0.29) is 11.0 Å². The summed E-state index contributed by atoms with van der Waals surface area (Å²) in [6, 6.07) is 5.72. The van der Waals surface area contributed by atoms with Crippen LogP contribution >= 0.6 is 11.3 Å². The smallest absolute Gasteiger partial charge is 0.272 e. The van der Waals surface area contributed by atoms with Crippen LogP contribution in [0.1, 0.15) is 32.9 Å². The molecule has 0 amide bonds. The summed E-state index contributed by atoms with van der Waals surface area (Å²) in [5, 5.41) is 6.48.